The average molecular weight is 356 g/mol. The Kier molecular flexibility index (Phi) is 3.67. The van der Waals surface area contributed by atoms with Crippen LogP contribution in [0.1, 0.15) is 45.7 Å². The zero-order valence-electron chi connectivity index (χ0n) is 14.9. The second-order valence-corrected chi connectivity index (χ2v) is 7.30. The van der Waals surface area contributed by atoms with Crippen LogP contribution in [-0.2, 0) is 11.8 Å². The first-order valence-corrected chi connectivity index (χ1v) is 9.30. The molecule has 1 atom stereocenters. The molecule has 1 fully saturated rings. The summed E-state index contributed by atoms with van der Waals surface area (Å²) in [7, 11) is 0. The molecule has 134 valence electrons. The molecule has 0 aliphatic heterocycles. The molecule has 1 amide bonds. The van der Waals surface area contributed by atoms with Crippen LogP contribution in [-0.4, -0.2) is 27.1 Å². The predicted molar refractivity (Wildman–Crippen MR) is 103 cm³/mol. The van der Waals surface area contributed by atoms with Crippen LogP contribution < -0.4 is 5.32 Å². The van der Waals surface area contributed by atoms with E-state index in [0.29, 0.717) is 11.7 Å². The van der Waals surface area contributed by atoms with E-state index in [1.165, 1.54) is 11.1 Å². The second-order valence-electron chi connectivity index (χ2n) is 7.30. The third-order valence-electron chi connectivity index (χ3n) is 5.49. The lowest BCUT2D eigenvalue weighted by atomic mass is 9.68. The Bertz CT molecular complexity index is 964. The number of hydrogen-bond donors (Lipinski definition) is 2. The number of benzene rings is 1. The normalized spacial score (nSPS) is 20.9. The van der Waals surface area contributed by atoms with Crippen LogP contribution in [0.25, 0.3) is 6.08 Å². The van der Waals surface area contributed by atoms with Gasteiger partial charge in [0, 0.05) is 41.5 Å². The number of rotatable bonds is 4. The van der Waals surface area contributed by atoms with Crippen molar-refractivity contribution in [2.45, 2.75) is 30.7 Å². The van der Waals surface area contributed by atoms with Crippen molar-refractivity contribution in [1.29, 1.82) is 0 Å². The summed E-state index contributed by atoms with van der Waals surface area (Å²) in [5, 5.41) is 10.5. The van der Waals surface area contributed by atoms with Gasteiger partial charge in [0.1, 0.15) is 0 Å². The smallest absolute Gasteiger partial charge is 0.272 e. The van der Waals surface area contributed by atoms with Gasteiger partial charge in [-0.1, -0.05) is 42.5 Å². The Hall–Kier alpha value is -3.21. The van der Waals surface area contributed by atoms with Gasteiger partial charge in [0.25, 0.3) is 5.91 Å². The van der Waals surface area contributed by atoms with E-state index >= 15 is 0 Å². The fourth-order valence-corrected chi connectivity index (χ4v) is 3.87. The van der Waals surface area contributed by atoms with Crippen LogP contribution in [0.4, 0.5) is 0 Å². The number of aromatic nitrogens is 3. The van der Waals surface area contributed by atoms with Gasteiger partial charge in [0.15, 0.2) is 5.69 Å². The number of pyridine rings is 1. The summed E-state index contributed by atoms with van der Waals surface area (Å²) in [6.45, 7) is 0. The quantitative estimate of drug-likeness (QED) is 0.754. The number of nitrogens with one attached hydrogen (secondary N) is 2. The minimum atomic E-state index is -0.312. The Morgan fingerprint density at radius 2 is 1.81 bits per heavy atom. The largest absolute Gasteiger partial charge is 0.348 e. The van der Waals surface area contributed by atoms with Crippen molar-refractivity contribution in [3.63, 3.8) is 0 Å². The maximum atomic E-state index is 12.5. The molecule has 0 spiro atoms. The minimum Gasteiger partial charge on any atom is -0.348 e. The fourth-order valence-electron chi connectivity index (χ4n) is 3.87. The molecular formula is C22H20N4O. The maximum Gasteiger partial charge on any atom is 0.272 e. The van der Waals surface area contributed by atoms with Gasteiger partial charge in [-0.15, -0.1) is 0 Å². The van der Waals surface area contributed by atoms with Gasteiger partial charge in [0.05, 0.1) is 0 Å². The molecule has 2 aromatic heterocycles. The van der Waals surface area contributed by atoms with Crippen LogP contribution in [0.15, 0.2) is 60.9 Å². The number of amides is 1. The zero-order chi connectivity index (χ0) is 18.3. The van der Waals surface area contributed by atoms with Crippen molar-refractivity contribution < 1.29 is 4.79 Å². The lowest BCUT2D eigenvalue weighted by molar-refractivity contribution is 0.0946. The summed E-state index contributed by atoms with van der Waals surface area (Å²) < 4.78 is 0. The summed E-state index contributed by atoms with van der Waals surface area (Å²) in [5.41, 5.74) is 4.44. The molecule has 5 rings (SSSR count). The molecule has 1 unspecified atom stereocenters. The number of H-pyrrole nitrogens is 1. The van der Waals surface area contributed by atoms with Crippen LogP contribution in [0, 0.1) is 0 Å². The van der Waals surface area contributed by atoms with E-state index in [1.807, 2.05) is 24.5 Å². The molecule has 3 aromatic rings. The third kappa shape index (κ3) is 2.76. The van der Waals surface area contributed by atoms with E-state index in [2.05, 4.69) is 63.0 Å². The highest BCUT2D eigenvalue weighted by atomic mass is 16.2. The minimum absolute atomic E-state index is 0.0872. The van der Waals surface area contributed by atoms with Gasteiger partial charge in [-0.25, -0.2) is 0 Å². The van der Waals surface area contributed by atoms with Crippen molar-refractivity contribution in [2.24, 2.45) is 0 Å². The van der Waals surface area contributed by atoms with Crippen molar-refractivity contribution in [2.75, 3.05) is 0 Å². The Morgan fingerprint density at radius 1 is 1.07 bits per heavy atom. The van der Waals surface area contributed by atoms with E-state index in [4.69, 9.17) is 0 Å². The summed E-state index contributed by atoms with van der Waals surface area (Å²) in [5.74, 6) is -0.0872. The number of hydrogen-bond acceptors (Lipinski definition) is 3. The lowest BCUT2D eigenvalue weighted by Gasteiger charge is -2.34. The zero-order valence-corrected chi connectivity index (χ0v) is 14.9. The summed E-state index contributed by atoms with van der Waals surface area (Å²) in [4.78, 5) is 16.7. The summed E-state index contributed by atoms with van der Waals surface area (Å²) in [6.07, 6.45) is 10.7. The molecule has 27 heavy (non-hydrogen) atoms. The van der Waals surface area contributed by atoms with Crippen molar-refractivity contribution >= 4 is 12.0 Å². The summed E-state index contributed by atoms with van der Waals surface area (Å²) >= 11 is 0. The lowest BCUT2D eigenvalue weighted by Crippen LogP contribution is -2.31. The standard InChI is InChI=1S/C22H20N4O/c27-21(24-17-6-7-17)20-18-8-11-22(14-19(18)25-26-20,15-4-2-1-3-5-15)16-9-12-23-13-10-16/h1-5,8-13,17H,6-7,14H2,(H,24,27)(H,25,26). The molecule has 2 aliphatic carbocycles. The van der Waals surface area contributed by atoms with Crippen molar-refractivity contribution in [1.82, 2.24) is 20.5 Å². The third-order valence-corrected chi connectivity index (χ3v) is 5.49. The molecule has 5 nitrogen and oxygen atoms in total. The van der Waals surface area contributed by atoms with E-state index < -0.39 is 0 Å². The maximum absolute atomic E-state index is 12.5. The van der Waals surface area contributed by atoms with Crippen LogP contribution >= 0.6 is 0 Å². The number of carbonyl (C=O) groups is 1. The monoisotopic (exact) mass is 356 g/mol. The number of nitrogens with zero attached hydrogens (tertiary/aromatic N) is 2. The second kappa shape index (κ2) is 6.20. The molecule has 0 saturated heterocycles. The molecule has 0 radical (unpaired) electrons. The first kappa shape index (κ1) is 16.0. The molecule has 0 bridgehead atoms. The topological polar surface area (TPSA) is 70.7 Å². The van der Waals surface area contributed by atoms with Crippen molar-refractivity contribution in [3.8, 4) is 0 Å². The van der Waals surface area contributed by atoms with Crippen LogP contribution in [0.3, 0.4) is 0 Å². The molecule has 2 heterocycles. The van der Waals surface area contributed by atoms with Gasteiger partial charge in [-0.3, -0.25) is 14.9 Å². The van der Waals surface area contributed by atoms with Gasteiger partial charge >= 0.3 is 0 Å². The average Bonchev–Trinajstić information content (AvgIpc) is 3.44. The van der Waals surface area contributed by atoms with Gasteiger partial charge in [-0.05, 0) is 36.1 Å². The molecule has 5 heteroatoms. The molecule has 2 aliphatic rings. The molecule has 1 saturated carbocycles. The highest BCUT2D eigenvalue weighted by Crippen LogP contribution is 2.41. The molecular weight excluding hydrogens is 336 g/mol. The number of aromatic amines is 1. The number of fused-ring (bicyclic) bond motifs is 1. The highest BCUT2D eigenvalue weighted by Gasteiger charge is 2.37. The van der Waals surface area contributed by atoms with E-state index in [9.17, 15) is 4.79 Å². The van der Waals surface area contributed by atoms with Gasteiger partial charge < -0.3 is 5.32 Å². The SMILES string of the molecule is O=C(NC1CC1)c1n[nH]c2c1C=CC(c1ccccc1)(c1ccncc1)C2. The predicted octanol–water partition coefficient (Wildman–Crippen LogP) is 3.25. The summed E-state index contributed by atoms with van der Waals surface area (Å²) in [6, 6.07) is 14.9. The Morgan fingerprint density at radius 3 is 2.56 bits per heavy atom. The Balaban J connectivity index is 1.58. The van der Waals surface area contributed by atoms with Gasteiger partial charge in [0.2, 0.25) is 0 Å². The van der Waals surface area contributed by atoms with Crippen molar-refractivity contribution in [3.05, 3.63) is 89.0 Å². The first-order valence-electron chi connectivity index (χ1n) is 9.30. The number of allylic oxidation sites excluding steroid dienone is 1. The van der Waals surface area contributed by atoms with Gasteiger partial charge in [-0.2, -0.15) is 5.10 Å². The van der Waals surface area contributed by atoms with E-state index in [-0.39, 0.29) is 11.3 Å². The molecule has 1 aromatic carbocycles. The fraction of sp³-hybridized carbons (Fsp3) is 0.227. The highest BCUT2D eigenvalue weighted by molar-refractivity contribution is 5.97. The van der Waals surface area contributed by atoms with Crippen LogP contribution in [0.2, 0.25) is 0 Å². The van der Waals surface area contributed by atoms with E-state index in [0.717, 1.165) is 30.5 Å². The molecule has 2 N–H and O–H groups in total. The van der Waals surface area contributed by atoms with Crippen LogP contribution in [0.5, 0.6) is 0 Å². The van der Waals surface area contributed by atoms with E-state index in [1.54, 1.807) is 0 Å². The first-order chi connectivity index (χ1) is 13.3. The number of carbonyl (C=O) groups excluding carboxylic acids is 1. The Labute approximate surface area is 157 Å².